The first-order valence-corrected chi connectivity index (χ1v) is 9.93. The van der Waals surface area contributed by atoms with Gasteiger partial charge in [0.15, 0.2) is 0 Å². The maximum Gasteiger partial charge on any atom is 0.119 e. The Morgan fingerprint density at radius 3 is 2.29 bits per heavy atom. The Balaban J connectivity index is 1.61. The van der Waals surface area contributed by atoms with Crippen molar-refractivity contribution in [2.75, 3.05) is 6.61 Å². The zero-order valence-electron chi connectivity index (χ0n) is 15.3. The van der Waals surface area contributed by atoms with Crippen LogP contribution in [0.4, 0.5) is 0 Å². The number of aryl methyl sites for hydroxylation is 1. The molecule has 1 aliphatic carbocycles. The summed E-state index contributed by atoms with van der Waals surface area (Å²) < 4.78 is 5.96. The fraction of sp³-hybridized carbons (Fsp3) is 0.682. The van der Waals surface area contributed by atoms with Crippen molar-refractivity contribution in [1.29, 1.82) is 5.26 Å². The van der Waals surface area contributed by atoms with Gasteiger partial charge in [-0.05, 0) is 62.1 Å². The minimum atomic E-state index is 0.280. The monoisotopic (exact) mass is 327 g/mol. The fourth-order valence-corrected chi connectivity index (χ4v) is 3.53. The lowest BCUT2D eigenvalue weighted by atomic mass is 9.83. The van der Waals surface area contributed by atoms with Gasteiger partial charge in [-0.25, -0.2) is 0 Å². The van der Waals surface area contributed by atoms with E-state index in [0.717, 1.165) is 38.0 Å². The van der Waals surface area contributed by atoms with E-state index in [0.29, 0.717) is 5.92 Å². The van der Waals surface area contributed by atoms with Gasteiger partial charge in [-0.3, -0.25) is 0 Å². The standard InChI is InChI=1S/C22H33NO/c1-2-3-4-5-6-7-8-19-13-15-22(16-14-19)24-18-21-11-9-20(17-23)10-12-21/h13-16,20-21H,2-12,18H2,1H3/t20-,21-. The molecule has 1 aliphatic rings. The summed E-state index contributed by atoms with van der Waals surface area (Å²) >= 11 is 0. The summed E-state index contributed by atoms with van der Waals surface area (Å²) in [5.74, 6) is 1.89. The molecule has 0 amide bonds. The molecule has 0 heterocycles. The van der Waals surface area contributed by atoms with Gasteiger partial charge in [0.05, 0.1) is 12.7 Å². The van der Waals surface area contributed by atoms with E-state index in [1.54, 1.807) is 0 Å². The Labute approximate surface area is 148 Å². The molecule has 0 saturated heterocycles. The van der Waals surface area contributed by atoms with Gasteiger partial charge in [0.25, 0.3) is 0 Å². The molecular formula is C22H33NO. The molecule has 1 saturated carbocycles. The number of ether oxygens (including phenoxy) is 1. The summed E-state index contributed by atoms with van der Waals surface area (Å²) in [4.78, 5) is 0. The van der Waals surface area contributed by atoms with Gasteiger partial charge in [-0.1, -0.05) is 51.2 Å². The number of nitrogens with zero attached hydrogens (tertiary/aromatic N) is 1. The van der Waals surface area contributed by atoms with Crippen molar-refractivity contribution in [3.05, 3.63) is 29.8 Å². The predicted octanol–water partition coefficient (Wildman–Crippen LogP) is 6.30. The maximum absolute atomic E-state index is 8.95. The van der Waals surface area contributed by atoms with Crippen molar-refractivity contribution >= 4 is 0 Å². The zero-order chi connectivity index (χ0) is 17.0. The lowest BCUT2D eigenvalue weighted by Gasteiger charge is -2.24. The van der Waals surface area contributed by atoms with Crippen LogP contribution in [0.15, 0.2) is 24.3 Å². The zero-order valence-corrected chi connectivity index (χ0v) is 15.3. The van der Waals surface area contributed by atoms with Crippen LogP contribution in [0.2, 0.25) is 0 Å². The lowest BCUT2D eigenvalue weighted by molar-refractivity contribution is 0.196. The molecule has 0 bridgehead atoms. The molecular weight excluding hydrogens is 294 g/mol. The second kappa shape index (κ2) is 11.1. The first-order chi connectivity index (χ1) is 11.8. The van der Waals surface area contributed by atoms with Crippen molar-refractivity contribution < 1.29 is 4.74 Å². The molecule has 0 atom stereocenters. The highest BCUT2D eigenvalue weighted by Gasteiger charge is 2.21. The molecule has 0 aliphatic heterocycles. The third kappa shape index (κ3) is 6.95. The molecule has 1 aromatic carbocycles. The molecule has 0 unspecified atom stereocenters. The minimum absolute atomic E-state index is 0.280. The van der Waals surface area contributed by atoms with Gasteiger partial charge < -0.3 is 4.74 Å². The highest BCUT2D eigenvalue weighted by atomic mass is 16.5. The Bertz CT molecular complexity index is 480. The smallest absolute Gasteiger partial charge is 0.119 e. The fourth-order valence-electron chi connectivity index (χ4n) is 3.53. The van der Waals surface area contributed by atoms with Crippen LogP contribution < -0.4 is 4.74 Å². The van der Waals surface area contributed by atoms with E-state index in [-0.39, 0.29) is 5.92 Å². The number of rotatable bonds is 10. The molecule has 2 rings (SSSR count). The summed E-state index contributed by atoms with van der Waals surface area (Å²) in [6.07, 6.45) is 13.7. The van der Waals surface area contributed by atoms with Gasteiger partial charge in [-0.2, -0.15) is 5.26 Å². The van der Waals surface area contributed by atoms with Gasteiger partial charge in [-0.15, -0.1) is 0 Å². The van der Waals surface area contributed by atoms with E-state index in [1.807, 2.05) is 0 Å². The molecule has 2 heteroatoms. The van der Waals surface area contributed by atoms with Gasteiger partial charge in [0.1, 0.15) is 5.75 Å². The summed E-state index contributed by atoms with van der Waals surface area (Å²) in [6, 6.07) is 11.1. The average molecular weight is 328 g/mol. The van der Waals surface area contributed by atoms with Gasteiger partial charge >= 0.3 is 0 Å². The molecule has 132 valence electrons. The number of hydrogen-bond acceptors (Lipinski definition) is 2. The van der Waals surface area contributed by atoms with E-state index < -0.39 is 0 Å². The summed E-state index contributed by atoms with van der Waals surface area (Å²) in [5, 5.41) is 8.95. The van der Waals surface area contributed by atoms with Crippen LogP contribution in [0.25, 0.3) is 0 Å². The van der Waals surface area contributed by atoms with Crippen molar-refractivity contribution in [2.45, 2.75) is 77.6 Å². The van der Waals surface area contributed by atoms with E-state index >= 15 is 0 Å². The second-order valence-corrected chi connectivity index (χ2v) is 7.32. The lowest BCUT2D eigenvalue weighted by Crippen LogP contribution is -2.19. The van der Waals surface area contributed by atoms with Crippen LogP contribution in [-0.4, -0.2) is 6.61 Å². The Kier molecular flexibility index (Phi) is 8.74. The predicted molar refractivity (Wildman–Crippen MR) is 100 cm³/mol. The Morgan fingerprint density at radius 2 is 1.62 bits per heavy atom. The topological polar surface area (TPSA) is 33.0 Å². The molecule has 0 spiro atoms. The van der Waals surface area contributed by atoms with Crippen molar-refractivity contribution in [2.24, 2.45) is 11.8 Å². The molecule has 0 radical (unpaired) electrons. The Hall–Kier alpha value is -1.49. The maximum atomic E-state index is 8.95. The van der Waals surface area contributed by atoms with E-state index in [4.69, 9.17) is 10.00 Å². The van der Waals surface area contributed by atoms with Crippen LogP contribution in [0.5, 0.6) is 5.75 Å². The van der Waals surface area contributed by atoms with Crippen LogP contribution in [0.3, 0.4) is 0 Å². The molecule has 1 fully saturated rings. The summed E-state index contributed by atoms with van der Waals surface area (Å²) in [6.45, 7) is 3.07. The van der Waals surface area contributed by atoms with Crippen molar-refractivity contribution in [3.8, 4) is 11.8 Å². The van der Waals surface area contributed by atoms with Crippen molar-refractivity contribution in [3.63, 3.8) is 0 Å². The second-order valence-electron chi connectivity index (χ2n) is 7.32. The number of benzene rings is 1. The number of unbranched alkanes of at least 4 members (excludes halogenated alkanes) is 5. The third-order valence-corrected chi connectivity index (χ3v) is 5.26. The van der Waals surface area contributed by atoms with Gasteiger partial charge in [0.2, 0.25) is 0 Å². The highest BCUT2D eigenvalue weighted by molar-refractivity contribution is 5.27. The van der Waals surface area contributed by atoms with E-state index in [9.17, 15) is 0 Å². The number of hydrogen-bond donors (Lipinski definition) is 0. The molecule has 0 aromatic heterocycles. The molecule has 24 heavy (non-hydrogen) atoms. The largest absolute Gasteiger partial charge is 0.493 e. The summed E-state index contributed by atoms with van der Waals surface area (Å²) in [5.41, 5.74) is 1.42. The molecule has 2 nitrogen and oxygen atoms in total. The summed E-state index contributed by atoms with van der Waals surface area (Å²) in [7, 11) is 0. The normalized spacial score (nSPS) is 20.5. The highest BCUT2D eigenvalue weighted by Crippen LogP contribution is 2.28. The quantitative estimate of drug-likeness (QED) is 0.472. The van der Waals surface area contributed by atoms with E-state index in [2.05, 4.69) is 37.3 Å². The number of nitriles is 1. The molecule has 0 N–H and O–H groups in total. The third-order valence-electron chi connectivity index (χ3n) is 5.26. The molecule has 1 aromatic rings. The van der Waals surface area contributed by atoms with Crippen LogP contribution in [0.1, 0.15) is 76.7 Å². The first-order valence-electron chi connectivity index (χ1n) is 9.93. The first kappa shape index (κ1) is 18.8. The van der Waals surface area contributed by atoms with Crippen LogP contribution >= 0.6 is 0 Å². The van der Waals surface area contributed by atoms with Crippen LogP contribution in [-0.2, 0) is 6.42 Å². The Morgan fingerprint density at radius 1 is 0.958 bits per heavy atom. The van der Waals surface area contributed by atoms with Crippen LogP contribution in [0, 0.1) is 23.2 Å². The minimum Gasteiger partial charge on any atom is -0.493 e. The van der Waals surface area contributed by atoms with Crippen molar-refractivity contribution in [1.82, 2.24) is 0 Å². The SMILES string of the molecule is CCCCCCCCc1ccc(OC[C@H]2CC[C@H](C#N)CC2)cc1. The van der Waals surface area contributed by atoms with E-state index in [1.165, 1.54) is 50.5 Å². The van der Waals surface area contributed by atoms with Gasteiger partial charge in [0, 0.05) is 5.92 Å². The average Bonchev–Trinajstić information content (AvgIpc) is 2.64.